The van der Waals surface area contributed by atoms with Crippen LogP contribution in [0.4, 0.5) is 20.2 Å². The third-order valence-electron chi connectivity index (χ3n) is 4.60. The molecule has 2 aliphatic heterocycles. The lowest BCUT2D eigenvalue weighted by molar-refractivity contribution is -0.130. The molecule has 6 nitrogen and oxygen atoms in total. The van der Waals surface area contributed by atoms with Crippen molar-refractivity contribution < 1.29 is 26.7 Å². The summed E-state index contributed by atoms with van der Waals surface area (Å²) in [6.45, 7) is 1.16. The standard InChI is InChI=1S/C19H16F2N2O4S/c20-13-2-1-3-15(10-13)23-12-18(19(24)22-6-8-27-9-7-22)28(25,26)17-5-4-14(21)11-16(17)23/h1-5,10-12H,6-9H2. The molecular weight excluding hydrogens is 390 g/mol. The number of amides is 1. The fourth-order valence-corrected chi connectivity index (χ4v) is 4.73. The molecule has 2 aromatic rings. The molecule has 0 radical (unpaired) electrons. The lowest BCUT2D eigenvalue weighted by atomic mass is 10.2. The van der Waals surface area contributed by atoms with Gasteiger partial charge in [0, 0.05) is 25.0 Å². The minimum Gasteiger partial charge on any atom is -0.378 e. The molecule has 0 aliphatic carbocycles. The minimum absolute atomic E-state index is 0.0177. The monoisotopic (exact) mass is 406 g/mol. The molecule has 2 heterocycles. The van der Waals surface area contributed by atoms with E-state index in [-0.39, 0.29) is 29.4 Å². The van der Waals surface area contributed by atoms with E-state index in [1.807, 2.05) is 0 Å². The van der Waals surface area contributed by atoms with Crippen molar-refractivity contribution in [3.8, 4) is 0 Å². The number of hydrogen-bond acceptors (Lipinski definition) is 5. The van der Waals surface area contributed by atoms with Gasteiger partial charge in [0.1, 0.15) is 11.6 Å². The summed E-state index contributed by atoms with van der Waals surface area (Å²) < 4.78 is 59.0. The maximum absolute atomic E-state index is 13.9. The highest BCUT2D eigenvalue weighted by Gasteiger charge is 2.38. The van der Waals surface area contributed by atoms with Gasteiger partial charge in [0.05, 0.1) is 23.8 Å². The zero-order valence-electron chi connectivity index (χ0n) is 14.6. The predicted octanol–water partition coefficient (Wildman–Crippen LogP) is 2.59. The number of nitrogens with zero attached hydrogens (tertiary/aromatic N) is 2. The fraction of sp³-hybridized carbons (Fsp3) is 0.211. The molecule has 4 rings (SSSR count). The van der Waals surface area contributed by atoms with Crippen molar-refractivity contribution >= 4 is 27.1 Å². The van der Waals surface area contributed by atoms with Crippen LogP contribution in [0.25, 0.3) is 0 Å². The number of carbonyl (C=O) groups excluding carboxylic acids is 1. The summed E-state index contributed by atoms with van der Waals surface area (Å²) in [6, 6.07) is 8.59. The number of carbonyl (C=O) groups is 1. The maximum atomic E-state index is 13.9. The number of anilines is 2. The number of halogens is 2. The first-order chi connectivity index (χ1) is 13.4. The molecule has 1 fully saturated rings. The van der Waals surface area contributed by atoms with E-state index >= 15 is 0 Å². The van der Waals surface area contributed by atoms with Crippen molar-refractivity contribution in [2.75, 3.05) is 31.2 Å². The lowest BCUT2D eigenvalue weighted by Gasteiger charge is -2.32. The molecule has 1 amide bonds. The van der Waals surface area contributed by atoms with Crippen molar-refractivity contribution in [3.05, 3.63) is 65.2 Å². The van der Waals surface area contributed by atoms with Gasteiger partial charge in [0.25, 0.3) is 5.91 Å². The van der Waals surface area contributed by atoms with Gasteiger partial charge in [0.15, 0.2) is 4.91 Å². The topological polar surface area (TPSA) is 66.9 Å². The Balaban J connectivity index is 1.88. The number of rotatable bonds is 2. The van der Waals surface area contributed by atoms with Crippen LogP contribution in [-0.4, -0.2) is 45.5 Å². The summed E-state index contributed by atoms with van der Waals surface area (Å²) in [5.74, 6) is -1.86. The summed E-state index contributed by atoms with van der Waals surface area (Å²) in [5, 5.41) is 0. The molecule has 0 bridgehead atoms. The van der Waals surface area contributed by atoms with Crippen molar-refractivity contribution in [3.63, 3.8) is 0 Å². The number of fused-ring (bicyclic) bond motifs is 1. The molecule has 2 aromatic carbocycles. The molecule has 1 saturated heterocycles. The number of sulfone groups is 1. The average Bonchev–Trinajstić information content (AvgIpc) is 2.68. The van der Waals surface area contributed by atoms with Crippen LogP contribution in [0.3, 0.4) is 0 Å². The van der Waals surface area contributed by atoms with Gasteiger partial charge in [-0.2, -0.15) is 0 Å². The second-order valence-corrected chi connectivity index (χ2v) is 8.25. The van der Waals surface area contributed by atoms with Gasteiger partial charge in [-0.15, -0.1) is 0 Å². The van der Waals surface area contributed by atoms with Gasteiger partial charge < -0.3 is 14.5 Å². The van der Waals surface area contributed by atoms with Gasteiger partial charge in [-0.05, 0) is 36.4 Å². The summed E-state index contributed by atoms with van der Waals surface area (Å²) in [6.07, 6.45) is 1.13. The van der Waals surface area contributed by atoms with Crippen LogP contribution in [0.1, 0.15) is 0 Å². The summed E-state index contributed by atoms with van der Waals surface area (Å²) >= 11 is 0. The number of morpholine rings is 1. The summed E-state index contributed by atoms with van der Waals surface area (Å²) in [4.78, 5) is 15.0. The van der Waals surface area contributed by atoms with Crippen molar-refractivity contribution in [2.45, 2.75) is 4.90 Å². The molecule has 28 heavy (non-hydrogen) atoms. The van der Waals surface area contributed by atoms with Crippen LogP contribution in [0.5, 0.6) is 0 Å². The molecule has 0 N–H and O–H groups in total. The van der Waals surface area contributed by atoms with Crippen LogP contribution in [0.15, 0.2) is 58.5 Å². The van der Waals surface area contributed by atoms with Crippen molar-refractivity contribution in [1.29, 1.82) is 0 Å². The molecule has 0 spiro atoms. The maximum Gasteiger partial charge on any atom is 0.267 e. The Labute approximate surface area is 160 Å². The molecule has 2 aliphatic rings. The van der Waals surface area contributed by atoms with Crippen LogP contribution in [0, 0.1) is 11.6 Å². The smallest absolute Gasteiger partial charge is 0.267 e. The quantitative estimate of drug-likeness (QED) is 0.718. The normalized spacial score (nSPS) is 18.4. The number of ether oxygens (including phenoxy) is 1. The SMILES string of the molecule is O=C(C1=CN(c2cccc(F)c2)c2cc(F)ccc2S1(=O)=O)N1CCOCC1. The van der Waals surface area contributed by atoms with E-state index in [4.69, 9.17) is 4.74 Å². The molecule has 0 aromatic heterocycles. The second-order valence-electron chi connectivity index (χ2n) is 6.36. The van der Waals surface area contributed by atoms with Crippen molar-refractivity contribution in [2.24, 2.45) is 0 Å². The van der Waals surface area contributed by atoms with Gasteiger partial charge >= 0.3 is 0 Å². The van der Waals surface area contributed by atoms with Crippen LogP contribution < -0.4 is 4.90 Å². The molecule has 0 atom stereocenters. The van der Waals surface area contributed by atoms with Gasteiger partial charge in [-0.25, -0.2) is 17.2 Å². The Morgan fingerprint density at radius 3 is 2.43 bits per heavy atom. The largest absolute Gasteiger partial charge is 0.378 e. The highest BCUT2D eigenvalue weighted by atomic mass is 32.2. The van der Waals surface area contributed by atoms with Gasteiger partial charge in [-0.3, -0.25) is 4.79 Å². The Morgan fingerprint density at radius 1 is 1.00 bits per heavy atom. The van der Waals surface area contributed by atoms with Crippen LogP contribution in [-0.2, 0) is 19.4 Å². The minimum atomic E-state index is -4.17. The Morgan fingerprint density at radius 2 is 1.71 bits per heavy atom. The van der Waals surface area contributed by atoms with E-state index in [0.717, 1.165) is 24.4 Å². The average molecular weight is 406 g/mol. The van der Waals surface area contributed by atoms with E-state index in [2.05, 4.69) is 0 Å². The van der Waals surface area contributed by atoms with Crippen LogP contribution >= 0.6 is 0 Å². The molecule has 0 saturated carbocycles. The van der Waals surface area contributed by atoms with E-state index in [1.165, 1.54) is 28.0 Å². The van der Waals surface area contributed by atoms with E-state index in [0.29, 0.717) is 13.2 Å². The molecular formula is C19H16F2N2O4S. The third kappa shape index (κ3) is 3.16. The van der Waals surface area contributed by atoms with Gasteiger partial charge in [0.2, 0.25) is 9.84 Å². The molecule has 146 valence electrons. The zero-order chi connectivity index (χ0) is 19.9. The first-order valence-corrected chi connectivity index (χ1v) is 10.0. The molecule has 9 heteroatoms. The molecule has 0 unspecified atom stereocenters. The van der Waals surface area contributed by atoms with E-state index in [9.17, 15) is 22.0 Å². The first-order valence-electron chi connectivity index (χ1n) is 8.56. The van der Waals surface area contributed by atoms with Gasteiger partial charge in [-0.1, -0.05) is 6.07 Å². The number of benzene rings is 2. The highest BCUT2D eigenvalue weighted by molar-refractivity contribution is 7.96. The Bertz CT molecular complexity index is 1080. The summed E-state index contributed by atoms with van der Waals surface area (Å²) in [7, 11) is -4.17. The Kier molecular flexibility index (Phi) is 4.64. The fourth-order valence-electron chi connectivity index (χ4n) is 3.21. The highest BCUT2D eigenvalue weighted by Crippen LogP contribution is 2.40. The predicted molar refractivity (Wildman–Crippen MR) is 97.6 cm³/mol. The second kappa shape index (κ2) is 6.99. The summed E-state index contributed by atoms with van der Waals surface area (Å²) in [5.41, 5.74) is 0.290. The Hall–Kier alpha value is -2.78. The van der Waals surface area contributed by atoms with E-state index in [1.54, 1.807) is 6.07 Å². The van der Waals surface area contributed by atoms with E-state index < -0.39 is 32.3 Å². The zero-order valence-corrected chi connectivity index (χ0v) is 15.5. The van der Waals surface area contributed by atoms with Crippen molar-refractivity contribution in [1.82, 2.24) is 4.90 Å². The first kappa shape index (κ1) is 18.6. The van der Waals surface area contributed by atoms with Crippen LogP contribution in [0.2, 0.25) is 0 Å². The number of hydrogen-bond donors (Lipinski definition) is 0. The lowest BCUT2D eigenvalue weighted by Crippen LogP contribution is -2.43. The third-order valence-corrected chi connectivity index (χ3v) is 6.38.